The standard InChI is InChI=1S/C21H24N4O/c1-15(2)16-10-12-17(13-11-16)20-19(21(26)23-24(3)4)14-25(22-20)18-8-6-5-7-9-18/h5-15H,1-4H3,(H,23,26). The lowest BCUT2D eigenvalue weighted by atomic mass is 10.00. The highest BCUT2D eigenvalue weighted by molar-refractivity contribution is 5.99. The van der Waals surface area contributed by atoms with Gasteiger partial charge in [0.2, 0.25) is 0 Å². The second-order valence-corrected chi connectivity index (χ2v) is 6.78. The first-order valence-electron chi connectivity index (χ1n) is 8.69. The van der Waals surface area contributed by atoms with Crippen LogP contribution in [0.4, 0.5) is 0 Å². The molecule has 0 saturated carbocycles. The van der Waals surface area contributed by atoms with Crippen molar-refractivity contribution in [3.8, 4) is 16.9 Å². The summed E-state index contributed by atoms with van der Waals surface area (Å²) in [5.41, 5.74) is 7.11. The predicted octanol–water partition coefficient (Wildman–Crippen LogP) is 3.87. The van der Waals surface area contributed by atoms with Crippen molar-refractivity contribution in [3.05, 3.63) is 71.9 Å². The molecule has 0 aliphatic carbocycles. The highest BCUT2D eigenvalue weighted by Crippen LogP contribution is 2.26. The van der Waals surface area contributed by atoms with E-state index in [2.05, 4.69) is 31.4 Å². The number of hydrazine groups is 1. The Morgan fingerprint density at radius 3 is 2.27 bits per heavy atom. The van der Waals surface area contributed by atoms with Crippen molar-refractivity contribution in [2.75, 3.05) is 14.1 Å². The molecule has 5 heteroatoms. The molecule has 5 nitrogen and oxygen atoms in total. The van der Waals surface area contributed by atoms with Gasteiger partial charge in [-0.25, -0.2) is 9.69 Å². The topological polar surface area (TPSA) is 50.2 Å². The first-order chi connectivity index (χ1) is 12.5. The molecule has 3 rings (SSSR count). The lowest BCUT2D eigenvalue weighted by Gasteiger charge is -2.11. The molecule has 1 amide bonds. The molecule has 134 valence electrons. The Kier molecular flexibility index (Phi) is 5.19. The maximum atomic E-state index is 12.7. The number of rotatable bonds is 5. The third-order valence-corrected chi connectivity index (χ3v) is 4.16. The Balaban J connectivity index is 2.06. The van der Waals surface area contributed by atoms with Gasteiger partial charge in [-0.05, 0) is 23.6 Å². The lowest BCUT2D eigenvalue weighted by Crippen LogP contribution is -2.36. The van der Waals surface area contributed by atoms with Gasteiger partial charge in [0.25, 0.3) is 5.91 Å². The van der Waals surface area contributed by atoms with Gasteiger partial charge in [-0.2, -0.15) is 5.10 Å². The molecule has 3 aromatic rings. The highest BCUT2D eigenvalue weighted by atomic mass is 16.2. The van der Waals surface area contributed by atoms with Crippen LogP contribution >= 0.6 is 0 Å². The summed E-state index contributed by atoms with van der Waals surface area (Å²) in [5.74, 6) is 0.280. The highest BCUT2D eigenvalue weighted by Gasteiger charge is 2.19. The molecule has 0 aliphatic rings. The number of benzene rings is 2. The summed E-state index contributed by atoms with van der Waals surface area (Å²) in [5, 5.41) is 6.32. The summed E-state index contributed by atoms with van der Waals surface area (Å²) in [4.78, 5) is 12.7. The van der Waals surface area contributed by atoms with Crippen molar-refractivity contribution < 1.29 is 4.79 Å². The number of nitrogens with one attached hydrogen (secondary N) is 1. The van der Waals surface area contributed by atoms with Gasteiger partial charge in [-0.15, -0.1) is 0 Å². The Labute approximate surface area is 154 Å². The van der Waals surface area contributed by atoms with E-state index in [0.29, 0.717) is 17.2 Å². The number of hydrogen-bond donors (Lipinski definition) is 1. The molecule has 0 bridgehead atoms. The number of para-hydroxylation sites is 1. The van der Waals surface area contributed by atoms with E-state index in [1.54, 1.807) is 30.0 Å². The number of nitrogens with zero attached hydrogens (tertiary/aromatic N) is 3. The summed E-state index contributed by atoms with van der Waals surface area (Å²) >= 11 is 0. The molecular formula is C21H24N4O. The molecule has 0 unspecified atom stereocenters. The fraction of sp³-hybridized carbons (Fsp3) is 0.238. The zero-order valence-electron chi connectivity index (χ0n) is 15.6. The smallest absolute Gasteiger partial charge is 0.269 e. The average Bonchev–Trinajstić information content (AvgIpc) is 3.07. The molecule has 2 aromatic carbocycles. The molecule has 0 aliphatic heterocycles. The van der Waals surface area contributed by atoms with Gasteiger partial charge in [0.05, 0.1) is 11.3 Å². The minimum absolute atomic E-state index is 0.180. The van der Waals surface area contributed by atoms with E-state index in [0.717, 1.165) is 11.3 Å². The van der Waals surface area contributed by atoms with Crippen molar-refractivity contribution in [1.82, 2.24) is 20.2 Å². The van der Waals surface area contributed by atoms with Gasteiger partial charge in [-0.3, -0.25) is 10.2 Å². The van der Waals surface area contributed by atoms with E-state index in [9.17, 15) is 4.79 Å². The van der Waals surface area contributed by atoms with Crippen molar-refractivity contribution in [2.24, 2.45) is 0 Å². The molecule has 0 spiro atoms. The Morgan fingerprint density at radius 1 is 1.04 bits per heavy atom. The second kappa shape index (κ2) is 7.54. The molecule has 0 saturated heterocycles. The molecule has 0 radical (unpaired) electrons. The van der Waals surface area contributed by atoms with Crippen molar-refractivity contribution in [3.63, 3.8) is 0 Å². The van der Waals surface area contributed by atoms with E-state index in [4.69, 9.17) is 5.10 Å². The summed E-state index contributed by atoms with van der Waals surface area (Å²) in [6.07, 6.45) is 1.78. The maximum Gasteiger partial charge on any atom is 0.269 e. The van der Waals surface area contributed by atoms with Crippen LogP contribution in [0.25, 0.3) is 16.9 Å². The number of carbonyl (C=O) groups is 1. The molecule has 0 fully saturated rings. The normalized spacial score (nSPS) is 11.2. The first kappa shape index (κ1) is 17.9. The quantitative estimate of drug-likeness (QED) is 0.712. The van der Waals surface area contributed by atoms with Crippen molar-refractivity contribution in [1.29, 1.82) is 0 Å². The number of aromatic nitrogens is 2. The zero-order chi connectivity index (χ0) is 18.7. The van der Waals surface area contributed by atoms with Crippen LogP contribution in [0.3, 0.4) is 0 Å². The van der Waals surface area contributed by atoms with E-state index >= 15 is 0 Å². The summed E-state index contributed by atoms with van der Waals surface area (Å²) in [7, 11) is 3.58. The monoisotopic (exact) mass is 348 g/mol. The van der Waals surface area contributed by atoms with Crippen LogP contribution in [0.15, 0.2) is 60.8 Å². The predicted molar refractivity (Wildman–Crippen MR) is 104 cm³/mol. The maximum absolute atomic E-state index is 12.7. The third kappa shape index (κ3) is 3.83. The minimum Gasteiger partial charge on any atom is -0.285 e. The molecule has 1 heterocycles. The van der Waals surface area contributed by atoms with E-state index in [1.165, 1.54) is 5.56 Å². The van der Waals surface area contributed by atoms with Gasteiger partial charge in [-0.1, -0.05) is 56.3 Å². The van der Waals surface area contributed by atoms with Gasteiger partial charge < -0.3 is 0 Å². The average molecular weight is 348 g/mol. The fourth-order valence-electron chi connectivity index (χ4n) is 2.76. The van der Waals surface area contributed by atoms with E-state index < -0.39 is 0 Å². The van der Waals surface area contributed by atoms with Gasteiger partial charge in [0.1, 0.15) is 5.69 Å². The molecule has 1 aromatic heterocycles. The van der Waals surface area contributed by atoms with Crippen LogP contribution in [0.1, 0.15) is 35.7 Å². The van der Waals surface area contributed by atoms with Gasteiger partial charge >= 0.3 is 0 Å². The van der Waals surface area contributed by atoms with Crippen LogP contribution in [0, 0.1) is 0 Å². The van der Waals surface area contributed by atoms with Crippen LogP contribution in [0.5, 0.6) is 0 Å². The molecule has 0 atom stereocenters. The Hall–Kier alpha value is -2.92. The lowest BCUT2D eigenvalue weighted by molar-refractivity contribution is 0.0857. The van der Waals surface area contributed by atoms with Gasteiger partial charge in [0.15, 0.2) is 0 Å². The molecule has 26 heavy (non-hydrogen) atoms. The van der Waals surface area contributed by atoms with Crippen LogP contribution in [-0.4, -0.2) is 34.8 Å². The largest absolute Gasteiger partial charge is 0.285 e. The number of hydrogen-bond acceptors (Lipinski definition) is 3. The Bertz CT molecular complexity index is 880. The van der Waals surface area contributed by atoms with Crippen LogP contribution < -0.4 is 5.43 Å². The number of carbonyl (C=O) groups excluding carboxylic acids is 1. The zero-order valence-corrected chi connectivity index (χ0v) is 15.6. The van der Waals surface area contributed by atoms with Crippen LogP contribution in [0.2, 0.25) is 0 Å². The van der Waals surface area contributed by atoms with Crippen molar-refractivity contribution >= 4 is 5.91 Å². The second-order valence-electron chi connectivity index (χ2n) is 6.78. The fourth-order valence-corrected chi connectivity index (χ4v) is 2.76. The minimum atomic E-state index is -0.180. The molecular weight excluding hydrogens is 324 g/mol. The summed E-state index contributed by atoms with van der Waals surface area (Å²) in [6.45, 7) is 4.32. The van der Waals surface area contributed by atoms with Gasteiger partial charge in [0, 0.05) is 25.9 Å². The summed E-state index contributed by atoms with van der Waals surface area (Å²) in [6, 6.07) is 18.0. The third-order valence-electron chi connectivity index (χ3n) is 4.16. The summed E-state index contributed by atoms with van der Waals surface area (Å²) < 4.78 is 1.75. The van der Waals surface area contributed by atoms with E-state index in [1.807, 2.05) is 42.5 Å². The first-order valence-corrected chi connectivity index (χ1v) is 8.69. The van der Waals surface area contributed by atoms with Crippen LogP contribution in [-0.2, 0) is 0 Å². The van der Waals surface area contributed by atoms with E-state index in [-0.39, 0.29) is 5.91 Å². The number of amides is 1. The SMILES string of the molecule is CC(C)c1ccc(-c2nn(-c3ccccc3)cc2C(=O)NN(C)C)cc1. The van der Waals surface area contributed by atoms with Crippen molar-refractivity contribution in [2.45, 2.75) is 19.8 Å². The Morgan fingerprint density at radius 2 is 1.69 bits per heavy atom. The molecule has 1 N–H and O–H groups in total.